The van der Waals surface area contributed by atoms with Gasteiger partial charge in [-0.05, 0) is 25.1 Å². The molecular formula is C15H9Cl2FN4O2. The summed E-state index contributed by atoms with van der Waals surface area (Å²) in [6.45, 7) is 1.62. The number of nitrogens with one attached hydrogen (secondary N) is 1. The predicted molar refractivity (Wildman–Crippen MR) is 90.6 cm³/mol. The van der Waals surface area contributed by atoms with Crippen molar-refractivity contribution in [3.8, 4) is 0 Å². The maximum atomic E-state index is 14.2. The van der Waals surface area contributed by atoms with Crippen molar-refractivity contribution in [2.24, 2.45) is 0 Å². The van der Waals surface area contributed by atoms with Crippen molar-refractivity contribution in [1.82, 2.24) is 9.97 Å². The Bertz CT molecular complexity index is 981. The topological polar surface area (TPSA) is 81.0 Å². The normalized spacial score (nSPS) is 10.8. The minimum Gasteiger partial charge on any atom is -0.337 e. The average molecular weight is 367 g/mol. The van der Waals surface area contributed by atoms with Gasteiger partial charge in [-0.2, -0.15) is 0 Å². The molecule has 1 heterocycles. The second-order valence-electron chi connectivity index (χ2n) is 4.98. The Morgan fingerprint density at radius 3 is 2.71 bits per heavy atom. The van der Waals surface area contributed by atoms with Gasteiger partial charge in [-0.25, -0.2) is 14.4 Å². The first-order chi connectivity index (χ1) is 11.4. The molecule has 0 atom stereocenters. The second-order valence-corrected chi connectivity index (χ2v) is 5.77. The average Bonchev–Trinajstić information content (AvgIpc) is 2.54. The van der Waals surface area contributed by atoms with Crippen LogP contribution in [0.2, 0.25) is 10.0 Å². The van der Waals surface area contributed by atoms with Gasteiger partial charge in [-0.15, -0.1) is 0 Å². The molecule has 0 saturated carbocycles. The van der Waals surface area contributed by atoms with Crippen LogP contribution < -0.4 is 5.32 Å². The van der Waals surface area contributed by atoms with Gasteiger partial charge in [0.25, 0.3) is 5.69 Å². The van der Waals surface area contributed by atoms with Gasteiger partial charge in [0.1, 0.15) is 12.1 Å². The van der Waals surface area contributed by atoms with Gasteiger partial charge in [0.05, 0.1) is 26.2 Å². The Hall–Kier alpha value is -2.51. The van der Waals surface area contributed by atoms with Crippen molar-refractivity contribution in [2.45, 2.75) is 6.92 Å². The molecule has 24 heavy (non-hydrogen) atoms. The van der Waals surface area contributed by atoms with Gasteiger partial charge in [-0.1, -0.05) is 23.2 Å². The minimum atomic E-state index is -0.738. The minimum absolute atomic E-state index is 0.0487. The quantitative estimate of drug-likeness (QED) is 0.399. The van der Waals surface area contributed by atoms with Crippen LogP contribution in [0.1, 0.15) is 5.56 Å². The first kappa shape index (κ1) is 16.4. The maximum Gasteiger partial charge on any atom is 0.273 e. The number of fused-ring (bicyclic) bond motifs is 1. The molecule has 3 rings (SSSR count). The number of anilines is 2. The smallest absolute Gasteiger partial charge is 0.273 e. The molecule has 122 valence electrons. The Morgan fingerprint density at radius 2 is 2.00 bits per heavy atom. The SMILES string of the molecule is Cc1cc2ncnc(Nc3ccc(Cl)c(Cl)c3F)c2cc1[N+](=O)[O-]. The van der Waals surface area contributed by atoms with Crippen LogP contribution in [-0.2, 0) is 0 Å². The van der Waals surface area contributed by atoms with E-state index >= 15 is 0 Å². The number of aryl methyl sites for hydroxylation is 1. The highest BCUT2D eigenvalue weighted by atomic mass is 35.5. The lowest BCUT2D eigenvalue weighted by molar-refractivity contribution is -0.385. The first-order valence-electron chi connectivity index (χ1n) is 6.68. The maximum absolute atomic E-state index is 14.2. The highest BCUT2D eigenvalue weighted by Crippen LogP contribution is 2.33. The predicted octanol–water partition coefficient (Wildman–Crippen LogP) is 5.04. The van der Waals surface area contributed by atoms with Gasteiger partial charge >= 0.3 is 0 Å². The Morgan fingerprint density at radius 1 is 1.25 bits per heavy atom. The summed E-state index contributed by atoms with van der Waals surface area (Å²) in [6.07, 6.45) is 1.28. The molecule has 0 aliphatic heterocycles. The van der Waals surface area contributed by atoms with Crippen LogP contribution >= 0.6 is 23.2 Å². The monoisotopic (exact) mass is 366 g/mol. The molecule has 1 N–H and O–H groups in total. The second kappa shape index (κ2) is 6.18. The van der Waals surface area contributed by atoms with Gasteiger partial charge in [0.2, 0.25) is 0 Å². The van der Waals surface area contributed by atoms with E-state index < -0.39 is 10.7 Å². The highest BCUT2D eigenvalue weighted by molar-refractivity contribution is 6.42. The summed E-state index contributed by atoms with van der Waals surface area (Å²) in [4.78, 5) is 18.8. The number of nitro groups is 1. The van der Waals surface area contributed by atoms with Crippen molar-refractivity contribution in [1.29, 1.82) is 0 Å². The first-order valence-corrected chi connectivity index (χ1v) is 7.44. The van der Waals surface area contributed by atoms with Crippen LogP contribution in [0.25, 0.3) is 10.9 Å². The van der Waals surface area contributed by atoms with Crippen LogP contribution in [0.5, 0.6) is 0 Å². The molecule has 2 aromatic carbocycles. The Kier molecular flexibility index (Phi) is 4.21. The highest BCUT2D eigenvalue weighted by Gasteiger charge is 2.17. The molecule has 0 fully saturated rings. The molecule has 0 radical (unpaired) electrons. The van der Waals surface area contributed by atoms with E-state index in [9.17, 15) is 14.5 Å². The molecule has 0 unspecified atom stereocenters. The number of nitro benzene ring substituents is 1. The fourth-order valence-electron chi connectivity index (χ4n) is 2.24. The number of hydrogen-bond acceptors (Lipinski definition) is 5. The number of hydrogen-bond donors (Lipinski definition) is 1. The largest absolute Gasteiger partial charge is 0.337 e. The van der Waals surface area contributed by atoms with Gasteiger partial charge in [0.15, 0.2) is 5.82 Å². The fraction of sp³-hybridized carbons (Fsp3) is 0.0667. The molecule has 0 saturated heterocycles. The van der Waals surface area contributed by atoms with E-state index in [4.69, 9.17) is 23.2 Å². The van der Waals surface area contributed by atoms with Gasteiger partial charge in [0, 0.05) is 17.0 Å². The standard InChI is InChI=1S/C15H9Cl2FN4O2/c1-7-4-11-8(5-12(7)22(23)24)15(20-6-19-11)21-10-3-2-9(16)13(17)14(10)18/h2-6H,1H3,(H,19,20,21). The van der Waals surface area contributed by atoms with Crippen LogP contribution in [0.4, 0.5) is 21.6 Å². The van der Waals surface area contributed by atoms with E-state index in [-0.39, 0.29) is 27.2 Å². The molecule has 1 aromatic heterocycles. The van der Waals surface area contributed by atoms with Crippen molar-refractivity contribution in [3.63, 3.8) is 0 Å². The van der Waals surface area contributed by atoms with Crippen LogP contribution in [0.3, 0.4) is 0 Å². The van der Waals surface area contributed by atoms with Crippen molar-refractivity contribution in [3.05, 3.63) is 62.1 Å². The van der Waals surface area contributed by atoms with Crippen LogP contribution in [-0.4, -0.2) is 14.9 Å². The molecule has 0 bridgehead atoms. The molecule has 0 spiro atoms. The summed E-state index contributed by atoms with van der Waals surface area (Å²) < 4.78 is 14.2. The molecule has 0 aliphatic rings. The number of halogens is 3. The van der Waals surface area contributed by atoms with E-state index in [1.807, 2.05) is 0 Å². The number of nitrogens with zero attached hydrogens (tertiary/aromatic N) is 3. The van der Waals surface area contributed by atoms with Crippen molar-refractivity contribution in [2.75, 3.05) is 5.32 Å². The third kappa shape index (κ3) is 2.83. The zero-order valence-electron chi connectivity index (χ0n) is 12.2. The van der Waals surface area contributed by atoms with Crippen molar-refractivity contribution >= 4 is 51.3 Å². The molecule has 0 amide bonds. The van der Waals surface area contributed by atoms with E-state index in [1.54, 1.807) is 13.0 Å². The molecule has 9 heteroatoms. The lowest BCUT2D eigenvalue weighted by Gasteiger charge is -2.11. The number of rotatable bonds is 3. The lowest BCUT2D eigenvalue weighted by Crippen LogP contribution is -2.00. The summed E-state index contributed by atoms with van der Waals surface area (Å²) in [5.74, 6) is -0.516. The zero-order chi connectivity index (χ0) is 17.4. The number of benzene rings is 2. The molecule has 6 nitrogen and oxygen atoms in total. The number of aromatic nitrogens is 2. The fourth-order valence-corrected chi connectivity index (χ4v) is 2.55. The summed E-state index contributed by atoms with van der Waals surface area (Å²) in [5, 5.41) is 14.2. The Labute approximate surface area is 145 Å². The van der Waals surface area contributed by atoms with Crippen molar-refractivity contribution < 1.29 is 9.31 Å². The summed E-state index contributed by atoms with van der Waals surface area (Å²) in [5.41, 5.74) is 0.941. The van der Waals surface area contributed by atoms with Gasteiger partial charge in [-0.3, -0.25) is 10.1 Å². The lowest BCUT2D eigenvalue weighted by atomic mass is 10.1. The third-order valence-corrected chi connectivity index (χ3v) is 4.22. The summed E-state index contributed by atoms with van der Waals surface area (Å²) in [7, 11) is 0. The van der Waals surface area contributed by atoms with E-state index in [1.165, 1.54) is 24.5 Å². The third-order valence-electron chi connectivity index (χ3n) is 3.44. The van der Waals surface area contributed by atoms with E-state index in [0.717, 1.165) is 0 Å². The van der Waals surface area contributed by atoms with Crippen LogP contribution in [0.15, 0.2) is 30.6 Å². The molecule has 3 aromatic rings. The zero-order valence-corrected chi connectivity index (χ0v) is 13.7. The van der Waals surface area contributed by atoms with E-state index in [2.05, 4.69) is 15.3 Å². The molecule has 0 aliphatic carbocycles. The Balaban J connectivity index is 2.15. The van der Waals surface area contributed by atoms with Crippen LogP contribution in [0, 0.1) is 22.9 Å². The summed E-state index contributed by atoms with van der Waals surface area (Å²) >= 11 is 11.5. The van der Waals surface area contributed by atoms with E-state index in [0.29, 0.717) is 16.5 Å². The molecular weight excluding hydrogens is 358 g/mol. The van der Waals surface area contributed by atoms with Gasteiger partial charge < -0.3 is 5.32 Å². The summed E-state index contributed by atoms with van der Waals surface area (Å²) in [6, 6.07) is 5.76.